The Kier molecular flexibility index (Phi) is 10.4. The van der Waals surface area contributed by atoms with Crippen LogP contribution in [0.25, 0.3) is 0 Å². The molecule has 11 heteroatoms. The number of nitrogens with one attached hydrogen (secondary N) is 1. The molecule has 0 unspecified atom stereocenters. The Morgan fingerprint density at radius 3 is 2.14 bits per heavy atom. The first-order valence-corrected chi connectivity index (χ1v) is 7.92. The van der Waals surface area contributed by atoms with E-state index in [9.17, 15) is 9.59 Å². The molecule has 1 aromatic carbocycles. The lowest BCUT2D eigenvalue weighted by atomic mass is 10.3. The van der Waals surface area contributed by atoms with Crippen LogP contribution in [-0.4, -0.2) is 28.8 Å². The molecule has 2 N–H and O–H groups in total. The molecule has 0 aliphatic heterocycles. The van der Waals surface area contributed by atoms with Gasteiger partial charge in [0.05, 0.1) is 20.8 Å². The van der Waals surface area contributed by atoms with Crippen molar-refractivity contribution in [3.63, 3.8) is 0 Å². The van der Waals surface area contributed by atoms with E-state index < -0.39 is 12.0 Å². The minimum Gasteiger partial charge on any atom is -0.480 e. The summed E-state index contributed by atoms with van der Waals surface area (Å²) in [5, 5.41) is 11.4. The fourth-order valence-corrected chi connectivity index (χ4v) is 2.31. The molecule has 1 atom stereocenters. The number of hydrogen-bond acceptors (Lipinski definition) is 4. The van der Waals surface area contributed by atoms with Crippen molar-refractivity contribution in [2.75, 3.05) is 9.69 Å². The number of halogens is 5. The van der Waals surface area contributed by atoms with Crippen molar-refractivity contribution in [1.29, 1.82) is 0 Å². The Balaban J connectivity index is 0.000000409. The Labute approximate surface area is 158 Å². The number of carbonyl (C=O) groups excluding carboxylic acids is 1. The second-order valence-corrected chi connectivity index (χ2v) is 6.08. The fraction of sp³-hybridized carbons (Fsp3) is 0.273. The molecule has 0 radical (unpaired) electrons. The van der Waals surface area contributed by atoms with Crippen molar-refractivity contribution in [2.45, 2.75) is 13.0 Å². The third-order valence-corrected chi connectivity index (χ3v) is 4.07. The van der Waals surface area contributed by atoms with Crippen molar-refractivity contribution >= 4 is 88.5 Å². The van der Waals surface area contributed by atoms with E-state index in [-0.39, 0.29) is 21.7 Å². The number of amides is 1. The molecule has 0 aromatic heterocycles. The number of benzene rings is 1. The van der Waals surface area contributed by atoms with Gasteiger partial charge >= 0.3 is 5.97 Å². The zero-order chi connectivity index (χ0) is 17.4. The van der Waals surface area contributed by atoms with Gasteiger partial charge in [0.2, 0.25) is 5.91 Å². The third kappa shape index (κ3) is 7.35. The number of carboxylic acids is 1. The van der Waals surface area contributed by atoms with Gasteiger partial charge in [-0.15, -0.1) is 0 Å². The molecule has 124 valence electrons. The lowest BCUT2D eigenvalue weighted by Crippen LogP contribution is -2.40. The molecule has 0 aliphatic carbocycles. The van der Waals surface area contributed by atoms with Crippen LogP contribution in [0, 0.1) is 0 Å². The molecule has 0 heterocycles. The molecule has 0 aliphatic rings. The standard InChI is InChI=1S/C6H2Cl5N.C5H9NO3S/c7-3-1-2-4(12(10)11)6(9)5(3)8;1-3(7)6-4(2-10)5(8)9/h1-2H;4,10H,2H2,1H3,(H,6,7)(H,8,9)/t;4-/m.0/s1. The number of carboxylic acid groups (broad SMARTS) is 1. The first-order chi connectivity index (χ1) is 10.1. The number of anilines is 1. The van der Waals surface area contributed by atoms with Crippen LogP contribution in [0.4, 0.5) is 5.69 Å². The van der Waals surface area contributed by atoms with E-state index in [0.29, 0.717) is 10.7 Å². The summed E-state index contributed by atoms with van der Waals surface area (Å²) >= 11 is 31.8. The van der Waals surface area contributed by atoms with E-state index in [1.165, 1.54) is 6.92 Å². The van der Waals surface area contributed by atoms with Gasteiger partial charge in [0.1, 0.15) is 6.04 Å². The quantitative estimate of drug-likeness (QED) is 0.381. The predicted octanol–water partition coefficient (Wildman–Crippen LogP) is 4.27. The van der Waals surface area contributed by atoms with Crippen LogP contribution in [0.2, 0.25) is 15.1 Å². The van der Waals surface area contributed by atoms with Crippen molar-refractivity contribution in [2.24, 2.45) is 0 Å². The molecule has 5 nitrogen and oxygen atoms in total. The monoisotopic (exact) mass is 426 g/mol. The Hall–Kier alpha value is -0.240. The molecule has 1 rings (SSSR count). The van der Waals surface area contributed by atoms with Gasteiger partial charge in [-0.2, -0.15) is 16.6 Å². The Morgan fingerprint density at radius 1 is 1.27 bits per heavy atom. The first kappa shape index (κ1) is 21.8. The summed E-state index contributed by atoms with van der Waals surface area (Å²) in [6, 6.07) is 2.25. The van der Waals surface area contributed by atoms with Crippen molar-refractivity contribution < 1.29 is 14.7 Å². The molecule has 0 fully saturated rings. The van der Waals surface area contributed by atoms with Gasteiger partial charge in [0.15, 0.2) is 0 Å². The highest BCUT2D eigenvalue weighted by Gasteiger charge is 2.15. The van der Waals surface area contributed by atoms with E-state index in [2.05, 4.69) is 17.9 Å². The highest BCUT2D eigenvalue weighted by molar-refractivity contribution is 7.80. The summed E-state index contributed by atoms with van der Waals surface area (Å²) in [6.45, 7) is 1.26. The van der Waals surface area contributed by atoms with Gasteiger partial charge in [-0.05, 0) is 12.1 Å². The minimum atomic E-state index is -1.06. The average molecular weight is 429 g/mol. The van der Waals surface area contributed by atoms with Crippen LogP contribution in [0.5, 0.6) is 0 Å². The summed E-state index contributed by atoms with van der Waals surface area (Å²) in [4.78, 5) is 20.5. The maximum absolute atomic E-state index is 10.3. The fourth-order valence-electron chi connectivity index (χ4n) is 1.08. The van der Waals surface area contributed by atoms with Gasteiger partial charge in [0, 0.05) is 36.2 Å². The third-order valence-electron chi connectivity index (χ3n) is 2.06. The zero-order valence-corrected chi connectivity index (χ0v) is 15.7. The molecule has 1 aromatic rings. The topological polar surface area (TPSA) is 69.6 Å². The van der Waals surface area contributed by atoms with Crippen LogP contribution in [-0.2, 0) is 9.59 Å². The van der Waals surface area contributed by atoms with Gasteiger partial charge in [-0.1, -0.05) is 34.8 Å². The number of aliphatic carboxylic acids is 1. The summed E-state index contributed by atoms with van der Waals surface area (Å²) in [5.74, 6) is -1.32. The maximum Gasteiger partial charge on any atom is 0.327 e. The largest absolute Gasteiger partial charge is 0.480 e. The number of rotatable bonds is 4. The van der Waals surface area contributed by atoms with E-state index in [1.54, 1.807) is 12.1 Å². The van der Waals surface area contributed by atoms with Gasteiger partial charge in [0.25, 0.3) is 0 Å². The predicted molar refractivity (Wildman–Crippen MR) is 94.8 cm³/mol. The summed E-state index contributed by atoms with van der Waals surface area (Å²) in [6.07, 6.45) is 0. The first-order valence-electron chi connectivity index (χ1n) is 5.47. The highest BCUT2D eigenvalue weighted by atomic mass is 35.5. The number of thiol groups is 1. The molecular weight excluding hydrogens is 417 g/mol. The van der Waals surface area contributed by atoms with Gasteiger partial charge in [-0.3, -0.25) is 4.79 Å². The van der Waals surface area contributed by atoms with Crippen molar-refractivity contribution in [3.8, 4) is 0 Å². The molecular formula is C11H11Cl5N2O3S. The normalized spacial score (nSPS) is 11.0. The lowest BCUT2D eigenvalue weighted by molar-refractivity contribution is -0.140. The Morgan fingerprint density at radius 2 is 1.82 bits per heavy atom. The molecule has 0 saturated heterocycles. The molecule has 0 saturated carbocycles. The molecule has 1 amide bonds. The Bertz CT molecular complexity index is 545. The second kappa shape index (κ2) is 10.5. The number of carbonyl (C=O) groups is 2. The van der Waals surface area contributed by atoms with Crippen molar-refractivity contribution in [3.05, 3.63) is 27.2 Å². The second-order valence-electron chi connectivity index (χ2n) is 3.70. The highest BCUT2D eigenvalue weighted by Crippen LogP contribution is 2.38. The molecule has 0 spiro atoms. The van der Waals surface area contributed by atoms with Crippen LogP contribution in [0.3, 0.4) is 0 Å². The summed E-state index contributed by atoms with van der Waals surface area (Å²) in [7, 11) is 0. The summed E-state index contributed by atoms with van der Waals surface area (Å²) in [5.41, 5.74) is 0.398. The van der Waals surface area contributed by atoms with Crippen LogP contribution < -0.4 is 9.25 Å². The van der Waals surface area contributed by atoms with Crippen LogP contribution >= 0.6 is 71.0 Å². The van der Waals surface area contributed by atoms with Crippen LogP contribution in [0.15, 0.2) is 12.1 Å². The van der Waals surface area contributed by atoms with E-state index in [1.807, 2.05) is 0 Å². The lowest BCUT2D eigenvalue weighted by Gasteiger charge is -2.09. The van der Waals surface area contributed by atoms with Crippen LogP contribution in [0.1, 0.15) is 6.92 Å². The average Bonchev–Trinajstić information content (AvgIpc) is 2.42. The molecule has 0 bridgehead atoms. The SMILES string of the molecule is CC(=O)N[C@@H](CS)C(=O)O.Clc1ccc(N(Cl)Cl)c(Cl)c1Cl. The van der Waals surface area contributed by atoms with Gasteiger partial charge < -0.3 is 10.4 Å². The summed E-state index contributed by atoms with van der Waals surface area (Å²) < 4.78 is 0.824. The molecule has 22 heavy (non-hydrogen) atoms. The minimum absolute atomic E-state index is 0.106. The number of hydrogen-bond donors (Lipinski definition) is 3. The smallest absolute Gasteiger partial charge is 0.327 e. The van der Waals surface area contributed by atoms with Gasteiger partial charge in [-0.25, -0.2) is 4.79 Å². The van der Waals surface area contributed by atoms with Crippen molar-refractivity contribution in [1.82, 2.24) is 5.32 Å². The van der Waals surface area contributed by atoms with E-state index in [0.717, 1.165) is 3.94 Å². The maximum atomic E-state index is 10.3. The van der Waals surface area contributed by atoms with E-state index >= 15 is 0 Å². The zero-order valence-electron chi connectivity index (χ0n) is 11.0. The van der Waals surface area contributed by atoms with E-state index in [4.69, 9.17) is 63.5 Å². The number of nitrogens with zero attached hydrogens (tertiary/aromatic N) is 1.